The van der Waals surface area contributed by atoms with Crippen LogP contribution in [0.2, 0.25) is 0 Å². The molecule has 1 aromatic carbocycles. The van der Waals surface area contributed by atoms with E-state index >= 15 is 0 Å². The number of halogens is 3. The lowest BCUT2D eigenvalue weighted by Crippen LogP contribution is -2.22. The van der Waals surface area contributed by atoms with Crippen molar-refractivity contribution in [1.82, 2.24) is 0 Å². The molecule has 0 bridgehead atoms. The van der Waals surface area contributed by atoms with Crippen molar-refractivity contribution in [3.8, 4) is 0 Å². The van der Waals surface area contributed by atoms with Crippen molar-refractivity contribution in [2.24, 2.45) is 16.3 Å². The fourth-order valence-corrected chi connectivity index (χ4v) is 3.30. The lowest BCUT2D eigenvalue weighted by molar-refractivity contribution is -0.137. The van der Waals surface area contributed by atoms with Gasteiger partial charge in [0, 0.05) is 18.5 Å². The van der Waals surface area contributed by atoms with Crippen molar-refractivity contribution in [2.75, 3.05) is 0 Å². The molecule has 0 heterocycles. The van der Waals surface area contributed by atoms with E-state index in [4.69, 9.17) is 0 Å². The van der Waals surface area contributed by atoms with E-state index in [1.54, 1.807) is 0 Å². The molecule has 1 rings (SSSR count). The van der Waals surface area contributed by atoms with E-state index in [0.29, 0.717) is 5.92 Å². The maximum Gasteiger partial charge on any atom is 0.416 e. The van der Waals surface area contributed by atoms with Crippen molar-refractivity contribution in [3.05, 3.63) is 35.4 Å². The SMILES string of the molecule is CCCC(CCC(C)N=C(C(C)=O)c1cccc(C(F)(F)F)c1)C(C)(C)C. The highest BCUT2D eigenvalue weighted by atomic mass is 19.4. The van der Waals surface area contributed by atoms with E-state index in [2.05, 4.69) is 32.7 Å². The average Bonchev–Trinajstić information content (AvgIpc) is 2.54. The fourth-order valence-electron chi connectivity index (χ4n) is 3.30. The number of ketones is 1. The molecular formula is C22H32F3NO. The van der Waals surface area contributed by atoms with Crippen LogP contribution in [-0.2, 0) is 11.0 Å². The summed E-state index contributed by atoms with van der Waals surface area (Å²) in [5.41, 5.74) is -0.219. The topological polar surface area (TPSA) is 29.4 Å². The quantitative estimate of drug-likeness (QED) is 0.458. The van der Waals surface area contributed by atoms with Gasteiger partial charge in [0.1, 0.15) is 5.71 Å². The van der Waals surface area contributed by atoms with Crippen molar-refractivity contribution >= 4 is 11.5 Å². The van der Waals surface area contributed by atoms with Crippen LogP contribution >= 0.6 is 0 Å². The summed E-state index contributed by atoms with van der Waals surface area (Å²) in [7, 11) is 0. The molecular weight excluding hydrogens is 351 g/mol. The summed E-state index contributed by atoms with van der Waals surface area (Å²) in [6, 6.07) is 4.71. The van der Waals surface area contributed by atoms with E-state index < -0.39 is 11.7 Å². The number of Topliss-reactive ketones (excluding diaryl/α,β-unsaturated/α-hetero) is 1. The Bertz CT molecular complexity index is 656. The Kier molecular flexibility index (Phi) is 8.24. The lowest BCUT2D eigenvalue weighted by atomic mass is 9.75. The first-order chi connectivity index (χ1) is 12.4. The van der Waals surface area contributed by atoms with Crippen molar-refractivity contribution < 1.29 is 18.0 Å². The minimum Gasteiger partial charge on any atom is -0.293 e. The minimum absolute atomic E-state index is 0.122. The van der Waals surface area contributed by atoms with Gasteiger partial charge in [-0.1, -0.05) is 52.7 Å². The van der Waals surface area contributed by atoms with Crippen molar-refractivity contribution in [2.45, 2.75) is 79.4 Å². The monoisotopic (exact) mass is 383 g/mol. The summed E-state index contributed by atoms with van der Waals surface area (Å²) in [4.78, 5) is 16.5. The van der Waals surface area contributed by atoms with Gasteiger partial charge in [-0.15, -0.1) is 0 Å². The summed E-state index contributed by atoms with van der Waals surface area (Å²) in [6.45, 7) is 12.1. The van der Waals surface area contributed by atoms with Gasteiger partial charge in [-0.25, -0.2) is 0 Å². The van der Waals surface area contributed by atoms with Gasteiger partial charge >= 0.3 is 6.18 Å². The van der Waals surface area contributed by atoms with Gasteiger partial charge in [0.2, 0.25) is 0 Å². The lowest BCUT2D eigenvalue weighted by Gasteiger charge is -2.31. The van der Waals surface area contributed by atoms with Crippen LogP contribution in [0.15, 0.2) is 29.3 Å². The number of aliphatic imine (C=N–C) groups is 1. The van der Waals surface area contributed by atoms with Gasteiger partial charge in [0.05, 0.1) is 5.56 Å². The molecule has 152 valence electrons. The molecule has 1 aromatic rings. The summed E-state index contributed by atoms with van der Waals surface area (Å²) >= 11 is 0. The van der Waals surface area contributed by atoms with Gasteiger partial charge in [0.25, 0.3) is 0 Å². The molecule has 2 unspecified atom stereocenters. The second-order valence-electron chi connectivity index (χ2n) is 8.39. The smallest absolute Gasteiger partial charge is 0.293 e. The molecule has 0 fully saturated rings. The molecule has 0 amide bonds. The maximum absolute atomic E-state index is 13.0. The van der Waals surface area contributed by atoms with E-state index in [1.807, 2.05) is 6.92 Å². The fraction of sp³-hybridized carbons (Fsp3) is 0.636. The van der Waals surface area contributed by atoms with Gasteiger partial charge in [-0.2, -0.15) is 13.2 Å². The van der Waals surface area contributed by atoms with E-state index in [1.165, 1.54) is 19.1 Å². The molecule has 0 aromatic heterocycles. The van der Waals surface area contributed by atoms with Crippen LogP contribution in [0, 0.1) is 11.3 Å². The van der Waals surface area contributed by atoms with Gasteiger partial charge in [-0.05, 0) is 43.2 Å². The maximum atomic E-state index is 13.0. The number of nitrogens with zero attached hydrogens (tertiary/aromatic N) is 1. The molecule has 0 aliphatic heterocycles. The molecule has 27 heavy (non-hydrogen) atoms. The molecule has 5 heteroatoms. The van der Waals surface area contributed by atoms with Crippen LogP contribution in [0.4, 0.5) is 13.2 Å². The van der Waals surface area contributed by atoms with E-state index in [0.717, 1.165) is 37.8 Å². The first kappa shape index (κ1) is 23.4. The first-order valence-corrected chi connectivity index (χ1v) is 9.62. The third kappa shape index (κ3) is 7.47. The molecule has 0 aliphatic rings. The number of rotatable bonds is 8. The second-order valence-corrected chi connectivity index (χ2v) is 8.39. The Balaban J connectivity index is 3.01. The van der Waals surface area contributed by atoms with Gasteiger partial charge < -0.3 is 0 Å². The second kappa shape index (κ2) is 9.52. The van der Waals surface area contributed by atoms with Crippen molar-refractivity contribution in [1.29, 1.82) is 0 Å². The standard InChI is InChI=1S/C22H32F3NO/c1-7-9-18(21(4,5)6)13-12-15(2)26-20(16(3)27)17-10-8-11-19(14-17)22(23,24)25/h8,10-11,14-15,18H,7,9,12-13H2,1-6H3. The molecule has 0 spiro atoms. The molecule has 0 saturated carbocycles. The molecule has 0 N–H and O–H groups in total. The largest absolute Gasteiger partial charge is 0.416 e. The zero-order valence-corrected chi connectivity index (χ0v) is 17.3. The molecule has 0 aliphatic carbocycles. The summed E-state index contributed by atoms with van der Waals surface area (Å²) in [5.74, 6) is 0.233. The number of carbonyl (C=O) groups excluding carboxylic acids is 1. The Hall–Kier alpha value is -1.65. The molecule has 2 nitrogen and oxygen atoms in total. The van der Waals surface area contributed by atoms with Gasteiger partial charge in [-0.3, -0.25) is 9.79 Å². The molecule has 0 radical (unpaired) electrons. The Morgan fingerprint density at radius 1 is 1.11 bits per heavy atom. The van der Waals surface area contributed by atoms with Crippen LogP contribution < -0.4 is 0 Å². The number of hydrogen-bond acceptors (Lipinski definition) is 2. The summed E-state index contributed by atoms with van der Waals surface area (Å²) < 4.78 is 38.9. The predicted octanol–water partition coefficient (Wildman–Crippen LogP) is 6.71. The predicted molar refractivity (Wildman–Crippen MR) is 105 cm³/mol. The zero-order chi connectivity index (χ0) is 20.8. The third-order valence-corrected chi connectivity index (χ3v) is 4.94. The Morgan fingerprint density at radius 2 is 1.74 bits per heavy atom. The zero-order valence-electron chi connectivity index (χ0n) is 17.3. The number of alkyl halides is 3. The normalized spacial score (nSPS) is 15.5. The van der Waals surface area contributed by atoms with Crippen LogP contribution in [0.5, 0.6) is 0 Å². The highest BCUT2D eigenvalue weighted by Gasteiger charge is 2.31. The molecule has 2 atom stereocenters. The third-order valence-electron chi connectivity index (χ3n) is 4.94. The summed E-state index contributed by atoms with van der Waals surface area (Å²) in [6.07, 6.45) is -0.410. The van der Waals surface area contributed by atoms with Crippen LogP contribution in [0.25, 0.3) is 0 Å². The van der Waals surface area contributed by atoms with E-state index in [-0.39, 0.29) is 28.5 Å². The number of hydrogen-bond donors (Lipinski definition) is 0. The number of benzene rings is 1. The van der Waals surface area contributed by atoms with E-state index in [9.17, 15) is 18.0 Å². The summed E-state index contributed by atoms with van der Waals surface area (Å²) in [5, 5.41) is 0. The van der Waals surface area contributed by atoms with Crippen LogP contribution in [0.3, 0.4) is 0 Å². The molecule has 0 saturated heterocycles. The minimum atomic E-state index is -4.44. The Labute approximate surface area is 161 Å². The highest BCUT2D eigenvalue weighted by Crippen LogP contribution is 2.34. The Morgan fingerprint density at radius 3 is 2.22 bits per heavy atom. The highest BCUT2D eigenvalue weighted by molar-refractivity contribution is 6.45. The van der Waals surface area contributed by atoms with Crippen molar-refractivity contribution in [3.63, 3.8) is 0 Å². The number of carbonyl (C=O) groups is 1. The van der Waals surface area contributed by atoms with Gasteiger partial charge in [0.15, 0.2) is 5.78 Å². The first-order valence-electron chi connectivity index (χ1n) is 9.62. The average molecular weight is 383 g/mol. The van der Waals surface area contributed by atoms with Crippen LogP contribution in [-0.4, -0.2) is 17.5 Å². The van der Waals surface area contributed by atoms with Crippen LogP contribution in [0.1, 0.15) is 78.4 Å².